The maximum Gasteiger partial charge on any atom is 0.328 e. The molecule has 1 atom stereocenters. The molecule has 0 aliphatic rings. The van der Waals surface area contributed by atoms with Gasteiger partial charge in [0.05, 0.1) is 12.7 Å². The number of methoxy groups -OCH3 is 1. The van der Waals surface area contributed by atoms with Crippen molar-refractivity contribution in [1.82, 2.24) is 5.32 Å². The predicted molar refractivity (Wildman–Crippen MR) is 57.0 cm³/mol. The van der Waals surface area contributed by atoms with Gasteiger partial charge < -0.3 is 15.2 Å². The summed E-state index contributed by atoms with van der Waals surface area (Å²) in [4.78, 5) is 22.7. The topological polar surface area (TPSA) is 75.6 Å². The highest BCUT2D eigenvalue weighted by molar-refractivity contribution is 5.98. The molecule has 5 nitrogen and oxygen atoms in total. The summed E-state index contributed by atoms with van der Waals surface area (Å²) < 4.78 is 17.3. The molecule has 0 fully saturated rings. The van der Waals surface area contributed by atoms with Crippen LogP contribution in [-0.2, 0) is 9.53 Å². The largest absolute Gasteiger partial charge is 0.507 e. The van der Waals surface area contributed by atoms with Crippen LogP contribution in [0.5, 0.6) is 5.75 Å². The summed E-state index contributed by atoms with van der Waals surface area (Å²) in [6.07, 6.45) is 0. The number of nitrogens with one attached hydrogen (secondary N) is 1. The molecule has 0 saturated carbocycles. The van der Waals surface area contributed by atoms with Crippen LogP contribution in [0.3, 0.4) is 0 Å². The fraction of sp³-hybridized carbons (Fsp3) is 0.273. The normalized spacial score (nSPS) is 11.7. The zero-order valence-electron chi connectivity index (χ0n) is 9.36. The van der Waals surface area contributed by atoms with Crippen LogP contribution < -0.4 is 5.32 Å². The zero-order chi connectivity index (χ0) is 13.0. The first-order valence-electron chi connectivity index (χ1n) is 4.83. The Morgan fingerprint density at radius 3 is 2.71 bits per heavy atom. The number of aromatic hydroxyl groups is 1. The van der Waals surface area contributed by atoms with Crippen LogP contribution >= 0.6 is 0 Å². The molecule has 0 aliphatic heterocycles. The highest BCUT2D eigenvalue weighted by Crippen LogP contribution is 2.17. The fourth-order valence-electron chi connectivity index (χ4n) is 1.20. The molecule has 2 N–H and O–H groups in total. The number of carbonyl (C=O) groups is 2. The van der Waals surface area contributed by atoms with Crippen molar-refractivity contribution in [3.05, 3.63) is 29.6 Å². The Balaban J connectivity index is 2.83. The molecule has 0 spiro atoms. The van der Waals surface area contributed by atoms with E-state index in [9.17, 15) is 19.1 Å². The van der Waals surface area contributed by atoms with E-state index in [1.165, 1.54) is 14.0 Å². The van der Waals surface area contributed by atoms with Gasteiger partial charge in [0, 0.05) is 0 Å². The summed E-state index contributed by atoms with van der Waals surface area (Å²) in [6, 6.07) is 2.09. The van der Waals surface area contributed by atoms with Crippen molar-refractivity contribution in [1.29, 1.82) is 0 Å². The summed E-state index contributed by atoms with van der Waals surface area (Å²) in [7, 11) is 1.19. The number of phenolic OH excluding ortho intramolecular Hbond substituents is 1. The molecule has 92 valence electrons. The number of rotatable bonds is 3. The molecule has 0 radical (unpaired) electrons. The minimum Gasteiger partial charge on any atom is -0.507 e. The lowest BCUT2D eigenvalue weighted by molar-refractivity contribution is -0.142. The van der Waals surface area contributed by atoms with Gasteiger partial charge in [-0.25, -0.2) is 9.18 Å². The summed E-state index contributed by atoms with van der Waals surface area (Å²) in [6.45, 7) is 1.42. The van der Waals surface area contributed by atoms with Gasteiger partial charge in [0.25, 0.3) is 5.91 Å². The zero-order valence-corrected chi connectivity index (χ0v) is 9.36. The molecule has 1 rings (SSSR count). The SMILES string of the molecule is COC(=O)C(C)NC(=O)c1cc(F)ccc1O. The van der Waals surface area contributed by atoms with Crippen molar-refractivity contribution < 1.29 is 23.8 Å². The molecular formula is C11H12FNO4. The Labute approximate surface area is 97.2 Å². The van der Waals surface area contributed by atoms with E-state index in [0.717, 1.165) is 18.2 Å². The van der Waals surface area contributed by atoms with Crippen LogP contribution in [0.1, 0.15) is 17.3 Å². The number of phenols is 1. The van der Waals surface area contributed by atoms with E-state index in [1.807, 2.05) is 0 Å². The third-order valence-corrected chi connectivity index (χ3v) is 2.11. The molecule has 0 heterocycles. The van der Waals surface area contributed by atoms with Crippen LogP contribution in [-0.4, -0.2) is 30.1 Å². The number of amides is 1. The quantitative estimate of drug-likeness (QED) is 0.768. The second kappa shape index (κ2) is 5.29. The smallest absolute Gasteiger partial charge is 0.328 e. The second-order valence-electron chi connectivity index (χ2n) is 3.38. The number of esters is 1. The van der Waals surface area contributed by atoms with Crippen LogP contribution in [0.2, 0.25) is 0 Å². The lowest BCUT2D eigenvalue weighted by atomic mass is 10.1. The van der Waals surface area contributed by atoms with E-state index in [4.69, 9.17) is 0 Å². The van der Waals surface area contributed by atoms with E-state index in [2.05, 4.69) is 10.1 Å². The molecule has 1 unspecified atom stereocenters. The predicted octanol–water partition coefficient (Wildman–Crippen LogP) is 0.823. The molecular weight excluding hydrogens is 229 g/mol. The Morgan fingerprint density at radius 2 is 2.12 bits per heavy atom. The van der Waals surface area contributed by atoms with Gasteiger partial charge in [0.2, 0.25) is 0 Å². The van der Waals surface area contributed by atoms with Crippen molar-refractivity contribution in [3.8, 4) is 5.75 Å². The number of benzene rings is 1. The van der Waals surface area contributed by atoms with E-state index < -0.39 is 23.7 Å². The van der Waals surface area contributed by atoms with Crippen LogP contribution in [0.15, 0.2) is 18.2 Å². The maximum absolute atomic E-state index is 12.9. The van der Waals surface area contributed by atoms with Gasteiger partial charge in [0.15, 0.2) is 0 Å². The van der Waals surface area contributed by atoms with Crippen molar-refractivity contribution in [2.75, 3.05) is 7.11 Å². The summed E-state index contributed by atoms with van der Waals surface area (Å²) in [5.74, 6) is -2.39. The molecule has 0 aromatic heterocycles. The third-order valence-electron chi connectivity index (χ3n) is 2.11. The Kier molecular flexibility index (Phi) is 4.03. The molecule has 0 bridgehead atoms. The first-order valence-corrected chi connectivity index (χ1v) is 4.83. The van der Waals surface area contributed by atoms with Gasteiger partial charge in [0.1, 0.15) is 17.6 Å². The van der Waals surface area contributed by atoms with Crippen molar-refractivity contribution >= 4 is 11.9 Å². The highest BCUT2D eigenvalue weighted by Gasteiger charge is 2.19. The number of halogens is 1. The molecule has 1 aromatic rings. The fourth-order valence-corrected chi connectivity index (χ4v) is 1.20. The molecule has 6 heteroatoms. The summed E-state index contributed by atoms with van der Waals surface area (Å²) in [5.41, 5.74) is -0.235. The lowest BCUT2D eigenvalue weighted by Crippen LogP contribution is -2.39. The summed E-state index contributed by atoms with van der Waals surface area (Å²) >= 11 is 0. The summed E-state index contributed by atoms with van der Waals surface area (Å²) in [5, 5.41) is 11.6. The molecule has 0 aliphatic carbocycles. The average Bonchev–Trinajstić information content (AvgIpc) is 2.30. The lowest BCUT2D eigenvalue weighted by Gasteiger charge is -2.12. The first-order chi connectivity index (χ1) is 7.95. The first kappa shape index (κ1) is 13.0. The number of hydrogen-bond acceptors (Lipinski definition) is 4. The van der Waals surface area contributed by atoms with Gasteiger partial charge in [-0.15, -0.1) is 0 Å². The van der Waals surface area contributed by atoms with Crippen LogP contribution in [0.4, 0.5) is 4.39 Å². The van der Waals surface area contributed by atoms with Gasteiger partial charge in [-0.1, -0.05) is 0 Å². The van der Waals surface area contributed by atoms with Gasteiger partial charge in [-0.05, 0) is 25.1 Å². The number of carbonyl (C=O) groups excluding carboxylic acids is 2. The van der Waals surface area contributed by atoms with Crippen LogP contribution in [0, 0.1) is 5.82 Å². The minimum atomic E-state index is -0.879. The number of hydrogen-bond donors (Lipinski definition) is 2. The Hall–Kier alpha value is -2.11. The van der Waals surface area contributed by atoms with E-state index >= 15 is 0 Å². The van der Waals surface area contributed by atoms with Crippen molar-refractivity contribution in [2.45, 2.75) is 13.0 Å². The average molecular weight is 241 g/mol. The monoisotopic (exact) mass is 241 g/mol. The molecule has 0 saturated heterocycles. The van der Waals surface area contributed by atoms with Gasteiger partial charge in [-0.3, -0.25) is 4.79 Å². The van der Waals surface area contributed by atoms with E-state index in [0.29, 0.717) is 0 Å². The van der Waals surface area contributed by atoms with Crippen molar-refractivity contribution in [2.24, 2.45) is 0 Å². The Bertz CT molecular complexity index is 447. The number of ether oxygens (including phenoxy) is 1. The van der Waals surface area contributed by atoms with Gasteiger partial charge >= 0.3 is 5.97 Å². The van der Waals surface area contributed by atoms with E-state index in [-0.39, 0.29) is 11.3 Å². The Morgan fingerprint density at radius 1 is 1.47 bits per heavy atom. The van der Waals surface area contributed by atoms with Crippen molar-refractivity contribution in [3.63, 3.8) is 0 Å². The van der Waals surface area contributed by atoms with Crippen LogP contribution in [0.25, 0.3) is 0 Å². The van der Waals surface area contributed by atoms with E-state index in [1.54, 1.807) is 0 Å². The molecule has 1 amide bonds. The maximum atomic E-state index is 12.9. The second-order valence-corrected chi connectivity index (χ2v) is 3.38. The molecule has 17 heavy (non-hydrogen) atoms. The third kappa shape index (κ3) is 3.17. The standard InChI is InChI=1S/C11H12FNO4/c1-6(11(16)17-2)13-10(15)8-5-7(12)3-4-9(8)14/h3-6,14H,1-2H3,(H,13,15). The minimum absolute atomic E-state index is 0.235. The van der Waals surface area contributed by atoms with Gasteiger partial charge in [-0.2, -0.15) is 0 Å². The highest BCUT2D eigenvalue weighted by atomic mass is 19.1. The molecule has 1 aromatic carbocycles.